The molecule has 5 nitrogen and oxygen atoms in total. The summed E-state index contributed by atoms with van der Waals surface area (Å²) in [4.78, 5) is 10.6. The minimum Gasteiger partial charge on any atom is -0.508 e. The first-order valence-electron chi connectivity index (χ1n) is 7.77. The first kappa shape index (κ1) is 16.5. The van der Waals surface area contributed by atoms with E-state index >= 15 is 0 Å². The van der Waals surface area contributed by atoms with Crippen LogP contribution in [-0.4, -0.2) is 17.1 Å². The van der Waals surface area contributed by atoms with Gasteiger partial charge < -0.3 is 9.84 Å². The van der Waals surface area contributed by atoms with Crippen LogP contribution in [0.1, 0.15) is 11.1 Å². The molecule has 3 aromatic rings. The van der Waals surface area contributed by atoms with Crippen molar-refractivity contribution in [3.8, 4) is 22.6 Å². The fourth-order valence-electron chi connectivity index (χ4n) is 2.76. The van der Waals surface area contributed by atoms with E-state index in [0.717, 1.165) is 16.7 Å². The number of rotatable bonds is 5. The number of phenolic OH excluding ortho intramolecular Hbond substituents is 1. The number of nitrogens with zero attached hydrogens (tertiary/aromatic N) is 1. The molecule has 126 valence electrons. The Bertz CT molecular complexity index is 921. The number of non-ortho nitro benzene ring substituents is 1. The molecule has 0 bridgehead atoms. The summed E-state index contributed by atoms with van der Waals surface area (Å²) in [6.07, 6.45) is 0.554. The zero-order valence-electron chi connectivity index (χ0n) is 13.7. The molecule has 0 aliphatic heterocycles. The number of hydrogen-bond acceptors (Lipinski definition) is 4. The Morgan fingerprint density at radius 3 is 2.56 bits per heavy atom. The number of aromatic hydroxyl groups is 1. The predicted octanol–water partition coefficient (Wildman–Crippen LogP) is 4.57. The molecule has 0 aliphatic carbocycles. The number of phenols is 1. The Kier molecular flexibility index (Phi) is 4.66. The third-order valence-corrected chi connectivity index (χ3v) is 4.02. The second kappa shape index (κ2) is 7.05. The molecule has 25 heavy (non-hydrogen) atoms. The van der Waals surface area contributed by atoms with Crippen molar-refractivity contribution < 1.29 is 14.8 Å². The highest BCUT2D eigenvalue weighted by Gasteiger charge is 2.12. The van der Waals surface area contributed by atoms with E-state index in [-0.39, 0.29) is 11.4 Å². The van der Waals surface area contributed by atoms with Gasteiger partial charge in [-0.2, -0.15) is 0 Å². The molecule has 3 rings (SSSR count). The van der Waals surface area contributed by atoms with Gasteiger partial charge in [0, 0.05) is 24.1 Å². The molecule has 1 N–H and O–H groups in total. The monoisotopic (exact) mass is 335 g/mol. The minimum absolute atomic E-state index is 0.0330. The molecule has 0 amide bonds. The minimum atomic E-state index is -0.415. The molecule has 0 saturated heterocycles. The van der Waals surface area contributed by atoms with E-state index in [0.29, 0.717) is 17.7 Å². The normalized spacial score (nSPS) is 10.4. The molecule has 0 heterocycles. The van der Waals surface area contributed by atoms with E-state index in [2.05, 4.69) is 0 Å². The summed E-state index contributed by atoms with van der Waals surface area (Å²) in [5.74, 6) is 0.886. The summed E-state index contributed by atoms with van der Waals surface area (Å²) >= 11 is 0. The van der Waals surface area contributed by atoms with Gasteiger partial charge in [-0.05, 0) is 34.9 Å². The molecule has 0 unspecified atom stereocenters. The van der Waals surface area contributed by atoms with Crippen LogP contribution in [0.2, 0.25) is 0 Å². The van der Waals surface area contributed by atoms with Gasteiger partial charge in [0.05, 0.1) is 12.0 Å². The summed E-state index contributed by atoms with van der Waals surface area (Å²) in [6.45, 7) is 0. The molecular formula is C20H17NO4. The van der Waals surface area contributed by atoms with Gasteiger partial charge >= 0.3 is 0 Å². The van der Waals surface area contributed by atoms with E-state index in [1.807, 2.05) is 36.4 Å². The zero-order chi connectivity index (χ0) is 17.8. The number of para-hydroxylation sites is 1. The Hall–Kier alpha value is -3.34. The van der Waals surface area contributed by atoms with Gasteiger partial charge in [-0.15, -0.1) is 0 Å². The van der Waals surface area contributed by atoms with Gasteiger partial charge in [0.25, 0.3) is 5.69 Å². The quantitative estimate of drug-likeness (QED) is 0.548. The van der Waals surface area contributed by atoms with Gasteiger partial charge in [-0.1, -0.05) is 36.4 Å². The summed E-state index contributed by atoms with van der Waals surface area (Å²) < 4.78 is 5.41. The molecule has 3 aromatic carbocycles. The summed E-state index contributed by atoms with van der Waals surface area (Å²) in [6, 6.07) is 19.3. The molecule has 0 spiro atoms. The van der Waals surface area contributed by atoms with Crippen LogP contribution in [0.3, 0.4) is 0 Å². The average Bonchev–Trinajstić information content (AvgIpc) is 2.63. The topological polar surface area (TPSA) is 72.6 Å². The number of nitro groups is 1. The highest BCUT2D eigenvalue weighted by molar-refractivity contribution is 5.73. The Balaban J connectivity index is 2.02. The van der Waals surface area contributed by atoms with E-state index in [4.69, 9.17) is 4.74 Å². The predicted molar refractivity (Wildman–Crippen MR) is 96.0 cm³/mol. The van der Waals surface area contributed by atoms with Gasteiger partial charge in [-0.3, -0.25) is 10.1 Å². The van der Waals surface area contributed by atoms with E-state index in [1.54, 1.807) is 25.3 Å². The second-order valence-electron chi connectivity index (χ2n) is 5.65. The van der Waals surface area contributed by atoms with Crippen molar-refractivity contribution in [3.05, 3.63) is 88.0 Å². The smallest absolute Gasteiger partial charge is 0.270 e. The largest absolute Gasteiger partial charge is 0.508 e. The molecule has 0 aromatic heterocycles. The Morgan fingerprint density at radius 2 is 1.84 bits per heavy atom. The van der Waals surface area contributed by atoms with Gasteiger partial charge in [0.15, 0.2) is 0 Å². The average molecular weight is 335 g/mol. The third kappa shape index (κ3) is 3.61. The fraction of sp³-hybridized carbons (Fsp3) is 0.100. The maximum atomic E-state index is 11.0. The zero-order valence-corrected chi connectivity index (χ0v) is 13.7. The molecule has 5 heteroatoms. The maximum absolute atomic E-state index is 11.0. The lowest BCUT2D eigenvalue weighted by atomic mass is 9.97. The van der Waals surface area contributed by atoms with E-state index in [1.165, 1.54) is 12.1 Å². The van der Waals surface area contributed by atoms with Crippen molar-refractivity contribution in [1.29, 1.82) is 0 Å². The van der Waals surface area contributed by atoms with Gasteiger partial charge in [0.1, 0.15) is 11.5 Å². The van der Waals surface area contributed by atoms with E-state index in [9.17, 15) is 15.2 Å². The molecule has 0 saturated carbocycles. The molecular weight excluding hydrogens is 318 g/mol. The Labute approximate surface area is 145 Å². The standard InChI is InChI=1S/C20H17NO4/c1-25-20-10-9-14(11-16-5-2-3-8-19(16)22)12-18(20)15-6-4-7-17(13-15)21(23)24/h2-10,12-13,22H,11H2,1H3. The van der Waals surface area contributed by atoms with Gasteiger partial charge in [0.2, 0.25) is 0 Å². The first-order valence-corrected chi connectivity index (χ1v) is 7.77. The van der Waals surface area contributed by atoms with Crippen LogP contribution in [0.4, 0.5) is 5.69 Å². The molecule has 0 fully saturated rings. The molecule has 0 atom stereocenters. The molecule has 0 radical (unpaired) electrons. The second-order valence-corrected chi connectivity index (χ2v) is 5.65. The number of nitro benzene ring substituents is 1. The van der Waals surface area contributed by atoms with Crippen LogP contribution in [0.25, 0.3) is 11.1 Å². The summed E-state index contributed by atoms with van der Waals surface area (Å²) in [5, 5.41) is 21.0. The van der Waals surface area contributed by atoms with Crippen molar-refractivity contribution in [2.45, 2.75) is 6.42 Å². The first-order chi connectivity index (χ1) is 12.1. The third-order valence-electron chi connectivity index (χ3n) is 4.02. The van der Waals surface area contributed by atoms with Crippen molar-refractivity contribution in [2.75, 3.05) is 7.11 Å². The lowest BCUT2D eigenvalue weighted by molar-refractivity contribution is -0.384. The van der Waals surface area contributed by atoms with Crippen LogP contribution >= 0.6 is 0 Å². The van der Waals surface area contributed by atoms with Crippen LogP contribution < -0.4 is 4.74 Å². The molecule has 0 aliphatic rings. The lowest BCUT2D eigenvalue weighted by Crippen LogP contribution is -1.94. The maximum Gasteiger partial charge on any atom is 0.270 e. The van der Waals surface area contributed by atoms with Crippen LogP contribution in [0.5, 0.6) is 11.5 Å². The van der Waals surface area contributed by atoms with Crippen LogP contribution in [0, 0.1) is 10.1 Å². The van der Waals surface area contributed by atoms with Crippen molar-refractivity contribution >= 4 is 5.69 Å². The number of benzene rings is 3. The number of methoxy groups -OCH3 is 1. The number of hydrogen-bond donors (Lipinski definition) is 1. The summed E-state index contributed by atoms with van der Waals surface area (Å²) in [5.41, 5.74) is 3.32. The van der Waals surface area contributed by atoms with Crippen molar-refractivity contribution in [2.24, 2.45) is 0 Å². The highest BCUT2D eigenvalue weighted by Crippen LogP contribution is 2.33. The fourth-order valence-corrected chi connectivity index (χ4v) is 2.76. The van der Waals surface area contributed by atoms with Crippen LogP contribution in [-0.2, 0) is 6.42 Å². The van der Waals surface area contributed by atoms with E-state index < -0.39 is 4.92 Å². The Morgan fingerprint density at radius 1 is 1.04 bits per heavy atom. The van der Waals surface area contributed by atoms with Crippen molar-refractivity contribution in [3.63, 3.8) is 0 Å². The summed E-state index contributed by atoms with van der Waals surface area (Å²) in [7, 11) is 1.57. The SMILES string of the molecule is COc1ccc(Cc2ccccc2O)cc1-c1cccc([N+](=O)[O-])c1. The lowest BCUT2D eigenvalue weighted by Gasteiger charge is -2.12. The van der Waals surface area contributed by atoms with Crippen molar-refractivity contribution in [1.82, 2.24) is 0 Å². The van der Waals surface area contributed by atoms with Gasteiger partial charge in [-0.25, -0.2) is 0 Å². The number of ether oxygens (including phenoxy) is 1. The highest BCUT2D eigenvalue weighted by atomic mass is 16.6. The van der Waals surface area contributed by atoms with Crippen LogP contribution in [0.15, 0.2) is 66.7 Å².